The third-order valence-corrected chi connectivity index (χ3v) is 12.3. The van der Waals surface area contributed by atoms with E-state index >= 15 is 0 Å². The Morgan fingerprint density at radius 1 is 0.721 bits per heavy atom. The van der Waals surface area contributed by atoms with Gasteiger partial charge in [0.05, 0.1) is 36.8 Å². The van der Waals surface area contributed by atoms with Gasteiger partial charge in [0.2, 0.25) is 17.7 Å². The smallest absolute Gasteiger partial charge is 0.316 e. The van der Waals surface area contributed by atoms with E-state index in [0.717, 1.165) is 16.7 Å². The van der Waals surface area contributed by atoms with Gasteiger partial charge in [0, 0.05) is 12.0 Å². The number of quaternary nitrogens is 1. The second-order valence-electron chi connectivity index (χ2n) is 20.5. The molecule has 0 unspecified atom stereocenters. The summed E-state index contributed by atoms with van der Waals surface area (Å²) in [6.45, 7) is 17.0. The molecule has 0 radical (unpaired) electrons. The Kier molecular flexibility index (Phi) is 18.8. The maximum atomic E-state index is 14.5. The van der Waals surface area contributed by atoms with Crippen LogP contribution in [0.25, 0.3) is 0 Å². The van der Waals surface area contributed by atoms with Crippen molar-refractivity contribution in [2.45, 2.75) is 124 Å². The van der Waals surface area contributed by atoms with Gasteiger partial charge in [-0.25, -0.2) is 0 Å². The van der Waals surface area contributed by atoms with E-state index in [1.54, 1.807) is 45.9 Å². The highest BCUT2D eigenvalue weighted by Gasteiger charge is 2.50. The van der Waals surface area contributed by atoms with Gasteiger partial charge in [-0.15, -0.1) is 0 Å². The van der Waals surface area contributed by atoms with Crippen LogP contribution in [0.5, 0.6) is 5.75 Å². The maximum absolute atomic E-state index is 14.5. The maximum Gasteiger partial charge on any atom is 0.316 e. The predicted molar refractivity (Wildman–Crippen MR) is 257 cm³/mol. The highest BCUT2D eigenvalue weighted by molar-refractivity contribution is 5.99. The molecule has 2 aliphatic heterocycles. The molecule has 5 atom stereocenters. The summed E-state index contributed by atoms with van der Waals surface area (Å²) in [4.78, 5) is 95.7. The molecule has 0 aliphatic carbocycles. The van der Waals surface area contributed by atoms with Crippen molar-refractivity contribution in [3.8, 4) is 5.75 Å². The Hall–Kier alpha value is -5.77. The first kappa shape index (κ1) is 53.2. The van der Waals surface area contributed by atoms with Crippen LogP contribution in [0.1, 0.15) is 102 Å². The minimum Gasteiger partial charge on any atom is -0.425 e. The summed E-state index contributed by atoms with van der Waals surface area (Å²) in [7, 11) is 0. The molecule has 15 nitrogen and oxygen atoms in total. The van der Waals surface area contributed by atoms with Crippen molar-refractivity contribution in [3.05, 3.63) is 101 Å². The topological polar surface area (TPSA) is 199 Å². The molecule has 2 aliphatic rings. The quantitative estimate of drug-likeness (QED) is 0.0310. The van der Waals surface area contributed by atoms with E-state index in [2.05, 4.69) is 21.3 Å². The van der Waals surface area contributed by atoms with Crippen molar-refractivity contribution in [3.63, 3.8) is 0 Å². The van der Waals surface area contributed by atoms with Gasteiger partial charge in [-0.05, 0) is 94.5 Å². The average Bonchev–Trinajstić information content (AvgIpc) is 4.05. The Bertz CT molecular complexity index is 2210. The Balaban J connectivity index is 1.36. The minimum absolute atomic E-state index is 0.00652. The SMILES string of the molecule is CC(C)C[C@H](NC(=O)[C@H](CCc1ccccc1)NC(=O)C[N+]1(Cc2ccc(OC(=O)C(C)(C)C)c(C=O)c2)CCOCC1)C(=O)N[C@@H](Cc1ccccc1)C(=O)N[C@@H](CC(C)C)C(=O)[C@@]1(C)CO1. The van der Waals surface area contributed by atoms with Crippen LogP contribution in [0.2, 0.25) is 0 Å². The standard InChI is InChI=1S/C53H71N5O10/c1-35(2)27-42(47(61)53(8)34-67-53)55-50(64)44(30-38-17-13-10-14-18-38)57-49(63)43(28-36(3)4)56-48(62)41(21-19-37-15-11-9-12-16-37)54-46(60)32-58(23-25-66-26-24-58)31-39-20-22-45(40(29-39)33-59)68-51(65)52(5,6)7/h9-18,20,22,29,33,35-36,41-44H,19,21,23-28,30-32,34H2,1-8H3,(H3-,54,55,56,57,60,62,63,64)/p+1/t41-,42-,43-,44-,53+/m0/s1. The molecule has 0 aromatic heterocycles. The Labute approximate surface area is 401 Å². The number of carbonyl (C=O) groups is 7. The third kappa shape index (κ3) is 15.9. The number of carbonyl (C=O) groups excluding carboxylic acids is 7. The Morgan fingerprint density at radius 3 is 1.84 bits per heavy atom. The molecule has 2 fully saturated rings. The highest BCUT2D eigenvalue weighted by atomic mass is 16.6. The van der Waals surface area contributed by atoms with Crippen molar-refractivity contribution in [2.24, 2.45) is 17.3 Å². The zero-order chi connectivity index (χ0) is 49.6. The lowest BCUT2D eigenvalue weighted by atomic mass is 9.93. The van der Waals surface area contributed by atoms with Gasteiger partial charge in [-0.2, -0.15) is 0 Å². The van der Waals surface area contributed by atoms with Crippen molar-refractivity contribution >= 4 is 41.7 Å². The highest BCUT2D eigenvalue weighted by Crippen LogP contribution is 2.30. The minimum atomic E-state index is -1.09. The number of aldehydes is 1. The molecule has 2 saturated heterocycles. The molecule has 368 valence electrons. The summed E-state index contributed by atoms with van der Waals surface area (Å²) in [5.74, 6) is -2.56. The van der Waals surface area contributed by atoms with E-state index in [0.29, 0.717) is 52.0 Å². The van der Waals surface area contributed by atoms with Crippen LogP contribution in [-0.4, -0.2) is 115 Å². The van der Waals surface area contributed by atoms with E-state index in [4.69, 9.17) is 14.2 Å². The summed E-state index contributed by atoms with van der Waals surface area (Å²) < 4.78 is 17.0. The number of rotatable bonds is 24. The zero-order valence-electron chi connectivity index (χ0n) is 41.1. The number of hydrogen-bond acceptors (Lipinski definition) is 10. The number of esters is 1. The third-order valence-electron chi connectivity index (χ3n) is 12.3. The molecule has 3 aromatic rings. The van der Waals surface area contributed by atoms with E-state index < -0.39 is 58.9 Å². The van der Waals surface area contributed by atoms with E-state index in [-0.39, 0.29) is 71.7 Å². The fourth-order valence-electron chi connectivity index (χ4n) is 8.29. The number of nitrogens with zero attached hydrogens (tertiary/aromatic N) is 1. The molecule has 3 aromatic carbocycles. The number of hydrogen-bond donors (Lipinski definition) is 4. The zero-order valence-corrected chi connectivity index (χ0v) is 41.1. The van der Waals surface area contributed by atoms with Gasteiger partial charge in [0.15, 0.2) is 18.6 Å². The van der Waals surface area contributed by atoms with Gasteiger partial charge in [-0.3, -0.25) is 33.6 Å². The number of Topliss-reactive ketones (excluding diaryl/α,β-unsaturated/α-hetero) is 1. The fraction of sp³-hybridized carbons (Fsp3) is 0.528. The number of amides is 4. The summed E-state index contributed by atoms with van der Waals surface area (Å²) >= 11 is 0. The molecular formula is C53H72N5O10+. The number of epoxide rings is 1. The van der Waals surface area contributed by atoms with E-state index in [1.807, 2.05) is 88.4 Å². The number of morpholine rings is 1. The normalized spacial score (nSPS) is 18.3. The van der Waals surface area contributed by atoms with Crippen LogP contribution in [0.4, 0.5) is 0 Å². The number of benzene rings is 3. The van der Waals surface area contributed by atoms with E-state index in [1.165, 1.54) is 0 Å². The van der Waals surface area contributed by atoms with Crippen molar-refractivity contribution < 1.29 is 52.3 Å². The molecule has 0 bridgehead atoms. The molecule has 0 spiro atoms. The predicted octanol–water partition coefficient (Wildman–Crippen LogP) is 5.06. The molecule has 5 rings (SSSR count). The second kappa shape index (κ2) is 24.0. The lowest BCUT2D eigenvalue weighted by Gasteiger charge is -2.41. The summed E-state index contributed by atoms with van der Waals surface area (Å²) in [6, 6.07) is 19.8. The van der Waals surface area contributed by atoms with Crippen LogP contribution in [0, 0.1) is 17.3 Å². The first-order chi connectivity index (χ1) is 32.2. The first-order valence-electron chi connectivity index (χ1n) is 23.9. The number of ether oxygens (including phenoxy) is 3. The van der Waals surface area contributed by atoms with Crippen molar-refractivity contribution in [1.82, 2.24) is 21.3 Å². The van der Waals surface area contributed by atoms with E-state index in [9.17, 15) is 33.6 Å². The first-order valence-corrected chi connectivity index (χ1v) is 23.9. The molecule has 2 heterocycles. The number of aryl methyl sites for hydroxylation is 1. The van der Waals surface area contributed by atoms with Crippen molar-refractivity contribution in [2.75, 3.05) is 39.5 Å². The number of nitrogens with one attached hydrogen (secondary N) is 4. The molecule has 68 heavy (non-hydrogen) atoms. The molecular weight excluding hydrogens is 867 g/mol. The lowest BCUT2D eigenvalue weighted by molar-refractivity contribution is -0.940. The largest absolute Gasteiger partial charge is 0.425 e. The fourth-order valence-corrected chi connectivity index (χ4v) is 8.29. The van der Waals surface area contributed by atoms with Crippen LogP contribution in [0.15, 0.2) is 78.9 Å². The molecule has 4 N–H and O–H groups in total. The number of ketones is 1. The summed E-state index contributed by atoms with van der Waals surface area (Å²) in [6.07, 6.45) is 2.07. The van der Waals surface area contributed by atoms with Crippen molar-refractivity contribution in [1.29, 1.82) is 0 Å². The average molecular weight is 939 g/mol. The van der Waals surface area contributed by atoms with Gasteiger partial charge in [0.25, 0.3) is 5.91 Å². The molecule has 0 saturated carbocycles. The second-order valence-corrected chi connectivity index (χ2v) is 20.5. The molecule has 4 amide bonds. The van der Waals surface area contributed by atoms with Crippen LogP contribution in [0.3, 0.4) is 0 Å². The van der Waals surface area contributed by atoms with Gasteiger partial charge in [0.1, 0.15) is 49.1 Å². The lowest BCUT2D eigenvalue weighted by Crippen LogP contribution is -2.61. The Morgan fingerprint density at radius 2 is 1.26 bits per heavy atom. The van der Waals surface area contributed by atoms with Gasteiger partial charge < -0.3 is 40.0 Å². The monoisotopic (exact) mass is 939 g/mol. The summed E-state index contributed by atoms with van der Waals surface area (Å²) in [5, 5.41) is 11.8. The van der Waals surface area contributed by atoms with Crippen LogP contribution >= 0.6 is 0 Å². The van der Waals surface area contributed by atoms with Gasteiger partial charge in [-0.1, -0.05) is 88.4 Å². The van der Waals surface area contributed by atoms with Crippen LogP contribution < -0.4 is 26.0 Å². The van der Waals surface area contributed by atoms with Gasteiger partial charge >= 0.3 is 5.97 Å². The van der Waals surface area contributed by atoms with Crippen LogP contribution in [-0.2, 0) is 57.6 Å². The summed E-state index contributed by atoms with van der Waals surface area (Å²) in [5.41, 5.74) is 0.972. The molecule has 15 heteroatoms.